The summed E-state index contributed by atoms with van der Waals surface area (Å²) in [6.07, 6.45) is 0.215. The first kappa shape index (κ1) is 10.3. The molecule has 3 N–H and O–H groups in total. The van der Waals surface area contributed by atoms with Crippen molar-refractivity contribution in [1.29, 1.82) is 0 Å². The molecule has 0 saturated heterocycles. The Balaban J connectivity index is 2.50. The van der Waals surface area contributed by atoms with Gasteiger partial charge in [-0.3, -0.25) is 4.79 Å². The summed E-state index contributed by atoms with van der Waals surface area (Å²) in [7, 11) is 0. The van der Waals surface area contributed by atoms with E-state index in [1.54, 1.807) is 12.1 Å². The van der Waals surface area contributed by atoms with Crippen LogP contribution in [0.4, 0.5) is 11.4 Å². The lowest BCUT2D eigenvalue weighted by Crippen LogP contribution is -2.17. The van der Waals surface area contributed by atoms with Crippen molar-refractivity contribution in [3.8, 4) is 5.75 Å². The van der Waals surface area contributed by atoms with Crippen LogP contribution in [-0.4, -0.2) is 12.0 Å². The van der Waals surface area contributed by atoms with Crippen LogP contribution in [-0.2, 0) is 4.79 Å². The van der Waals surface area contributed by atoms with Crippen molar-refractivity contribution in [2.24, 2.45) is 0 Å². The number of hydrogen-bond acceptors (Lipinski definition) is 3. The van der Waals surface area contributed by atoms with Crippen LogP contribution in [0.15, 0.2) is 16.6 Å². The summed E-state index contributed by atoms with van der Waals surface area (Å²) in [5.41, 5.74) is 6.88. The van der Waals surface area contributed by atoms with Crippen LogP contribution in [0.3, 0.4) is 0 Å². The van der Waals surface area contributed by atoms with Crippen LogP contribution in [0.1, 0.15) is 13.3 Å². The first-order chi connectivity index (χ1) is 7.06. The molecule has 0 aromatic heterocycles. The van der Waals surface area contributed by atoms with Gasteiger partial charge in [-0.05, 0) is 35.0 Å². The number of ether oxygens (including phenoxy) is 1. The Labute approximate surface area is 95.9 Å². The highest BCUT2D eigenvalue weighted by Crippen LogP contribution is 2.38. The normalized spacial score (nSPS) is 19.9. The Bertz CT molecular complexity index is 420. The molecule has 1 heterocycles. The van der Waals surface area contributed by atoms with E-state index >= 15 is 0 Å². The van der Waals surface area contributed by atoms with Crippen LogP contribution in [0.2, 0.25) is 0 Å². The highest BCUT2D eigenvalue weighted by atomic mass is 79.9. The van der Waals surface area contributed by atoms with Crippen molar-refractivity contribution >= 4 is 33.2 Å². The Morgan fingerprint density at radius 1 is 1.60 bits per heavy atom. The monoisotopic (exact) mass is 270 g/mol. The van der Waals surface area contributed by atoms with Gasteiger partial charge in [0.2, 0.25) is 5.91 Å². The highest BCUT2D eigenvalue weighted by Gasteiger charge is 2.21. The third-order valence-electron chi connectivity index (χ3n) is 2.13. The first-order valence-corrected chi connectivity index (χ1v) is 5.41. The van der Waals surface area contributed by atoms with E-state index < -0.39 is 0 Å². The number of benzene rings is 1. The second-order valence-electron chi connectivity index (χ2n) is 3.56. The second-order valence-corrected chi connectivity index (χ2v) is 4.41. The Hall–Kier alpha value is -1.23. The summed E-state index contributed by atoms with van der Waals surface area (Å²) in [4.78, 5) is 11.4. The number of nitrogens with two attached hydrogens (primary N) is 1. The lowest BCUT2D eigenvalue weighted by Gasteiger charge is -2.13. The molecule has 0 spiro atoms. The summed E-state index contributed by atoms with van der Waals surface area (Å²) in [6, 6.07) is 3.44. The van der Waals surface area contributed by atoms with E-state index in [9.17, 15) is 4.79 Å². The summed E-state index contributed by atoms with van der Waals surface area (Å²) in [5.74, 6) is 0.585. The molecule has 4 nitrogen and oxygen atoms in total. The molecule has 1 aliphatic heterocycles. The standard InChI is InChI=1S/C10H11BrN2O2/c1-5-2-9(14)13-8-4-6(12)3-7(11)10(8)15-5/h3-5H,2,12H2,1H3,(H,13,14). The average molecular weight is 271 g/mol. The topological polar surface area (TPSA) is 64.4 Å². The van der Waals surface area contributed by atoms with Crippen LogP contribution >= 0.6 is 15.9 Å². The maximum absolute atomic E-state index is 11.4. The van der Waals surface area contributed by atoms with Crippen LogP contribution in [0, 0.1) is 0 Å². The number of hydrogen-bond donors (Lipinski definition) is 2. The van der Waals surface area contributed by atoms with Gasteiger partial charge < -0.3 is 15.8 Å². The van der Waals surface area contributed by atoms with Crippen LogP contribution in [0.25, 0.3) is 0 Å². The predicted octanol–water partition coefficient (Wildman–Crippen LogP) is 2.14. The second kappa shape index (κ2) is 3.73. The smallest absolute Gasteiger partial charge is 0.228 e. The molecule has 1 aromatic rings. The maximum atomic E-state index is 11.4. The maximum Gasteiger partial charge on any atom is 0.228 e. The van der Waals surface area contributed by atoms with E-state index in [1.165, 1.54) is 0 Å². The molecular formula is C10H11BrN2O2. The van der Waals surface area contributed by atoms with Crippen molar-refractivity contribution in [2.75, 3.05) is 11.1 Å². The number of rotatable bonds is 0. The summed E-state index contributed by atoms with van der Waals surface area (Å²) in [6.45, 7) is 1.86. The van der Waals surface area contributed by atoms with Gasteiger partial charge in [0.25, 0.3) is 0 Å². The Morgan fingerprint density at radius 2 is 2.33 bits per heavy atom. The number of amides is 1. The lowest BCUT2D eigenvalue weighted by molar-refractivity contribution is -0.117. The van der Waals surface area contributed by atoms with Crippen molar-refractivity contribution in [2.45, 2.75) is 19.4 Å². The lowest BCUT2D eigenvalue weighted by atomic mass is 10.2. The fourth-order valence-corrected chi connectivity index (χ4v) is 2.10. The zero-order valence-electron chi connectivity index (χ0n) is 8.21. The minimum absolute atomic E-state index is 0.0567. The third-order valence-corrected chi connectivity index (χ3v) is 2.72. The summed E-state index contributed by atoms with van der Waals surface area (Å²) < 4.78 is 6.38. The van der Waals surface area contributed by atoms with E-state index in [1.807, 2.05) is 6.92 Å². The zero-order chi connectivity index (χ0) is 11.0. The quantitative estimate of drug-likeness (QED) is 0.710. The molecule has 1 aliphatic rings. The SMILES string of the molecule is CC1CC(=O)Nc2cc(N)cc(Br)c2O1. The van der Waals surface area contributed by atoms with Gasteiger partial charge in [-0.1, -0.05) is 0 Å². The van der Waals surface area contributed by atoms with Gasteiger partial charge in [0.15, 0.2) is 5.75 Å². The Kier molecular flexibility index (Phi) is 2.56. The molecule has 0 fully saturated rings. The molecule has 1 unspecified atom stereocenters. The third kappa shape index (κ3) is 2.07. The summed E-state index contributed by atoms with van der Waals surface area (Å²) >= 11 is 3.36. The molecule has 5 heteroatoms. The largest absolute Gasteiger partial charge is 0.487 e. The van der Waals surface area contributed by atoms with Gasteiger partial charge in [0.05, 0.1) is 16.6 Å². The summed E-state index contributed by atoms with van der Waals surface area (Å²) in [5, 5.41) is 2.76. The van der Waals surface area contributed by atoms with Crippen molar-refractivity contribution in [1.82, 2.24) is 0 Å². The number of nitrogen functional groups attached to an aromatic ring is 1. The molecule has 0 aliphatic carbocycles. The molecule has 1 aromatic carbocycles. The zero-order valence-corrected chi connectivity index (χ0v) is 9.80. The fourth-order valence-electron chi connectivity index (χ4n) is 1.53. The van der Waals surface area contributed by atoms with E-state index in [0.29, 0.717) is 23.5 Å². The van der Waals surface area contributed by atoms with E-state index in [0.717, 1.165) is 4.47 Å². The number of carbonyl (C=O) groups is 1. The molecule has 0 saturated carbocycles. The molecule has 2 rings (SSSR count). The van der Waals surface area contributed by atoms with Gasteiger partial charge in [-0.25, -0.2) is 0 Å². The molecule has 80 valence electrons. The van der Waals surface area contributed by atoms with E-state index in [-0.39, 0.29) is 12.0 Å². The van der Waals surface area contributed by atoms with Gasteiger partial charge in [0, 0.05) is 5.69 Å². The molecule has 1 atom stereocenters. The van der Waals surface area contributed by atoms with E-state index in [4.69, 9.17) is 10.5 Å². The van der Waals surface area contributed by atoms with Gasteiger partial charge >= 0.3 is 0 Å². The van der Waals surface area contributed by atoms with E-state index in [2.05, 4.69) is 21.2 Å². The number of anilines is 2. The predicted molar refractivity (Wildman–Crippen MR) is 61.9 cm³/mol. The number of halogens is 1. The molecule has 1 amide bonds. The van der Waals surface area contributed by atoms with Crippen LogP contribution < -0.4 is 15.8 Å². The van der Waals surface area contributed by atoms with Crippen molar-refractivity contribution in [3.05, 3.63) is 16.6 Å². The van der Waals surface area contributed by atoms with Gasteiger partial charge in [-0.2, -0.15) is 0 Å². The van der Waals surface area contributed by atoms with Gasteiger partial charge in [0.1, 0.15) is 6.10 Å². The number of nitrogens with one attached hydrogen (secondary N) is 1. The highest BCUT2D eigenvalue weighted by molar-refractivity contribution is 9.10. The fraction of sp³-hybridized carbons (Fsp3) is 0.300. The first-order valence-electron chi connectivity index (χ1n) is 4.62. The van der Waals surface area contributed by atoms with Crippen molar-refractivity contribution < 1.29 is 9.53 Å². The minimum atomic E-state index is -0.133. The Morgan fingerprint density at radius 3 is 3.07 bits per heavy atom. The number of carbonyl (C=O) groups excluding carboxylic acids is 1. The minimum Gasteiger partial charge on any atom is -0.487 e. The molecular weight excluding hydrogens is 260 g/mol. The van der Waals surface area contributed by atoms with Gasteiger partial charge in [-0.15, -0.1) is 0 Å². The average Bonchev–Trinajstić information content (AvgIpc) is 2.22. The molecule has 0 bridgehead atoms. The number of fused-ring (bicyclic) bond motifs is 1. The molecule has 0 radical (unpaired) electrons. The van der Waals surface area contributed by atoms with Crippen molar-refractivity contribution in [3.63, 3.8) is 0 Å². The molecule has 15 heavy (non-hydrogen) atoms. The van der Waals surface area contributed by atoms with Crippen LogP contribution in [0.5, 0.6) is 5.75 Å².